The summed E-state index contributed by atoms with van der Waals surface area (Å²) in [5, 5.41) is 0. The summed E-state index contributed by atoms with van der Waals surface area (Å²) in [6, 6.07) is 2.00. The third-order valence-electron chi connectivity index (χ3n) is 3.71. The van der Waals surface area contributed by atoms with E-state index < -0.39 is 0 Å². The molecule has 0 amide bonds. The molecular weight excluding hydrogens is 266 g/mol. The predicted molar refractivity (Wildman–Crippen MR) is 103 cm³/mol. The zero-order valence-electron chi connectivity index (χ0n) is 16.2. The van der Waals surface area contributed by atoms with Gasteiger partial charge in [0.15, 0.2) is 0 Å². The molecule has 22 heavy (non-hydrogen) atoms. The fraction of sp³-hybridized carbons (Fsp3) is 0.571. The van der Waals surface area contributed by atoms with Crippen molar-refractivity contribution in [2.24, 2.45) is 5.92 Å². The van der Waals surface area contributed by atoms with Gasteiger partial charge in [-0.05, 0) is 57.2 Å². The Morgan fingerprint density at radius 1 is 1.09 bits per heavy atom. The zero-order valence-corrected chi connectivity index (χ0v) is 16.2. The summed E-state index contributed by atoms with van der Waals surface area (Å²) in [7, 11) is 0. The predicted octanol–water partition coefficient (Wildman–Crippen LogP) is 7.15. The van der Waals surface area contributed by atoms with Crippen LogP contribution in [0.4, 0.5) is 0 Å². The van der Waals surface area contributed by atoms with Gasteiger partial charge in [-0.3, -0.25) is 4.98 Å². The topological polar surface area (TPSA) is 12.9 Å². The van der Waals surface area contributed by atoms with E-state index in [4.69, 9.17) is 0 Å². The van der Waals surface area contributed by atoms with Crippen LogP contribution in [-0.4, -0.2) is 4.98 Å². The summed E-state index contributed by atoms with van der Waals surface area (Å²) in [5.74, 6) is 0.877. The van der Waals surface area contributed by atoms with Gasteiger partial charge in [-0.1, -0.05) is 58.3 Å². The van der Waals surface area contributed by atoms with Crippen LogP contribution >= 0.6 is 0 Å². The van der Waals surface area contributed by atoms with Crippen LogP contribution in [0.15, 0.2) is 31.0 Å². The second kappa shape index (κ2) is 13.3. The highest BCUT2D eigenvalue weighted by atomic mass is 14.7. The van der Waals surface area contributed by atoms with E-state index in [1.807, 2.05) is 40.0 Å². The van der Waals surface area contributed by atoms with E-state index in [9.17, 15) is 0 Å². The number of aryl methyl sites for hydroxylation is 1. The van der Waals surface area contributed by atoms with Crippen molar-refractivity contribution in [3.8, 4) is 0 Å². The van der Waals surface area contributed by atoms with Crippen LogP contribution in [0.3, 0.4) is 0 Å². The number of nitrogens with zero attached hydrogens (tertiary/aromatic N) is 1. The van der Waals surface area contributed by atoms with E-state index >= 15 is 0 Å². The lowest BCUT2D eigenvalue weighted by Crippen LogP contribution is -1.95. The first-order valence-corrected chi connectivity index (χ1v) is 8.55. The van der Waals surface area contributed by atoms with Crippen molar-refractivity contribution in [2.45, 2.75) is 74.7 Å². The van der Waals surface area contributed by atoms with E-state index in [0.717, 1.165) is 17.2 Å². The van der Waals surface area contributed by atoms with Gasteiger partial charge in [-0.2, -0.15) is 0 Å². The molecule has 1 aromatic heterocycles. The van der Waals surface area contributed by atoms with Gasteiger partial charge >= 0.3 is 0 Å². The molecule has 0 aliphatic heterocycles. The Kier molecular flexibility index (Phi) is 13.9. The third-order valence-corrected chi connectivity index (χ3v) is 3.71. The molecule has 0 radical (unpaired) electrons. The maximum atomic E-state index is 4.18. The van der Waals surface area contributed by atoms with Crippen molar-refractivity contribution in [1.82, 2.24) is 4.98 Å². The van der Waals surface area contributed by atoms with Crippen molar-refractivity contribution in [3.63, 3.8) is 0 Å². The Labute approximate surface area is 139 Å². The minimum atomic E-state index is 0.877. The second-order valence-electron chi connectivity index (χ2n) is 5.69. The molecule has 1 heterocycles. The first kappa shape index (κ1) is 22.9. The van der Waals surface area contributed by atoms with Gasteiger partial charge in [-0.25, -0.2) is 0 Å². The molecule has 0 aliphatic rings. The Balaban J connectivity index is 0. The van der Waals surface area contributed by atoms with Gasteiger partial charge in [0.05, 0.1) is 0 Å². The van der Waals surface area contributed by atoms with Crippen molar-refractivity contribution in [3.05, 3.63) is 47.8 Å². The number of allylic oxidation sites excluding steroid dienone is 2. The van der Waals surface area contributed by atoms with E-state index in [1.165, 1.54) is 36.0 Å². The van der Waals surface area contributed by atoms with Gasteiger partial charge in [0.1, 0.15) is 0 Å². The SMILES string of the molecule is C=C(C)CC(CC)CC.C=C(C)c1ccnc(C)c1C.CC. The highest BCUT2D eigenvalue weighted by Crippen LogP contribution is 2.17. The number of hydrogen-bond acceptors (Lipinski definition) is 1. The molecule has 1 aromatic rings. The molecule has 0 spiro atoms. The monoisotopic (exact) mass is 303 g/mol. The van der Waals surface area contributed by atoms with Crippen LogP contribution in [0.5, 0.6) is 0 Å². The van der Waals surface area contributed by atoms with E-state index in [-0.39, 0.29) is 0 Å². The van der Waals surface area contributed by atoms with Crippen molar-refractivity contribution in [1.29, 1.82) is 0 Å². The molecule has 0 atom stereocenters. The Hall–Kier alpha value is -1.37. The Bertz CT molecular complexity index is 439. The summed E-state index contributed by atoms with van der Waals surface area (Å²) in [6.45, 7) is 24.5. The van der Waals surface area contributed by atoms with Crippen LogP contribution in [0, 0.1) is 19.8 Å². The minimum Gasteiger partial charge on any atom is -0.261 e. The fourth-order valence-electron chi connectivity index (χ4n) is 2.17. The molecular formula is C21H37N. The van der Waals surface area contributed by atoms with Crippen molar-refractivity contribution >= 4 is 5.57 Å². The smallest absolute Gasteiger partial charge is 0.0407 e. The molecule has 0 aromatic carbocycles. The fourth-order valence-corrected chi connectivity index (χ4v) is 2.17. The van der Waals surface area contributed by atoms with Gasteiger partial charge in [-0.15, -0.1) is 6.58 Å². The number of rotatable bonds is 5. The van der Waals surface area contributed by atoms with E-state index in [0.29, 0.717) is 0 Å². The average Bonchev–Trinajstić information content (AvgIpc) is 2.49. The normalized spacial score (nSPS) is 9.32. The molecule has 1 heteroatoms. The number of pyridine rings is 1. The van der Waals surface area contributed by atoms with Crippen LogP contribution in [0.25, 0.3) is 5.57 Å². The summed E-state index contributed by atoms with van der Waals surface area (Å²) in [5.41, 5.74) is 5.97. The standard InChI is InChI=1S/C10H13N.C9H18.C2H6/c1-7(2)10-5-6-11-9(4)8(10)3;1-5-9(6-2)7-8(3)4;1-2/h5-6H,1H2,2-4H3;9H,3,5-7H2,1-2,4H3;1-2H3. The third kappa shape index (κ3) is 9.55. The summed E-state index contributed by atoms with van der Waals surface area (Å²) < 4.78 is 0. The highest BCUT2D eigenvalue weighted by Gasteiger charge is 2.01. The second-order valence-corrected chi connectivity index (χ2v) is 5.69. The first-order valence-electron chi connectivity index (χ1n) is 8.55. The maximum Gasteiger partial charge on any atom is 0.0407 e. The number of hydrogen-bond donors (Lipinski definition) is 0. The van der Waals surface area contributed by atoms with Gasteiger partial charge < -0.3 is 0 Å². The average molecular weight is 304 g/mol. The largest absolute Gasteiger partial charge is 0.261 e. The van der Waals surface area contributed by atoms with Crippen molar-refractivity contribution in [2.75, 3.05) is 0 Å². The molecule has 1 rings (SSSR count). The van der Waals surface area contributed by atoms with Crippen LogP contribution in [0.2, 0.25) is 0 Å². The summed E-state index contributed by atoms with van der Waals surface area (Å²) in [6.07, 6.45) is 5.63. The quantitative estimate of drug-likeness (QED) is 0.526. The van der Waals surface area contributed by atoms with Gasteiger partial charge in [0.25, 0.3) is 0 Å². The lowest BCUT2D eigenvalue weighted by atomic mass is 9.96. The van der Waals surface area contributed by atoms with Gasteiger partial charge in [0, 0.05) is 11.9 Å². The molecule has 0 N–H and O–H groups in total. The van der Waals surface area contributed by atoms with Crippen LogP contribution in [0.1, 0.15) is 77.6 Å². The van der Waals surface area contributed by atoms with Gasteiger partial charge in [0.2, 0.25) is 0 Å². The molecule has 126 valence electrons. The molecule has 0 aliphatic carbocycles. The van der Waals surface area contributed by atoms with Crippen LogP contribution in [-0.2, 0) is 0 Å². The molecule has 0 bridgehead atoms. The lowest BCUT2D eigenvalue weighted by molar-refractivity contribution is 0.489. The molecule has 1 nitrogen and oxygen atoms in total. The van der Waals surface area contributed by atoms with E-state index in [2.05, 4.69) is 45.8 Å². The maximum absolute atomic E-state index is 4.18. The minimum absolute atomic E-state index is 0.877. The highest BCUT2D eigenvalue weighted by molar-refractivity contribution is 5.64. The lowest BCUT2D eigenvalue weighted by Gasteiger charge is -2.10. The van der Waals surface area contributed by atoms with Crippen LogP contribution < -0.4 is 0 Å². The first-order chi connectivity index (χ1) is 10.3. The van der Waals surface area contributed by atoms with E-state index in [1.54, 1.807) is 0 Å². The summed E-state index contributed by atoms with van der Waals surface area (Å²) >= 11 is 0. The zero-order chi connectivity index (χ0) is 17.7. The molecule has 0 fully saturated rings. The summed E-state index contributed by atoms with van der Waals surface area (Å²) in [4.78, 5) is 4.18. The molecule has 0 saturated heterocycles. The Morgan fingerprint density at radius 2 is 1.59 bits per heavy atom. The van der Waals surface area contributed by atoms with Crippen molar-refractivity contribution < 1.29 is 0 Å². The Morgan fingerprint density at radius 3 is 1.86 bits per heavy atom. The number of aromatic nitrogens is 1. The molecule has 0 unspecified atom stereocenters. The molecule has 0 saturated carbocycles.